The number of nitrogens with one attached hydrogen (secondary N) is 1. The minimum atomic E-state index is -1.56. The van der Waals surface area contributed by atoms with E-state index in [1.165, 1.54) is 29.7 Å². The van der Waals surface area contributed by atoms with Crippen LogP contribution in [-0.2, 0) is 5.54 Å². The lowest BCUT2D eigenvalue weighted by Crippen LogP contribution is -2.34. The van der Waals surface area contributed by atoms with Gasteiger partial charge in [-0.1, -0.05) is 27.7 Å². The zero-order valence-corrected chi connectivity index (χ0v) is 12.3. The molecular weight excluding hydrogens is 354 g/mol. The van der Waals surface area contributed by atoms with E-state index in [0.717, 1.165) is 11.8 Å². The van der Waals surface area contributed by atoms with E-state index in [0.29, 0.717) is 4.47 Å². The largest absolute Gasteiger partial charge is 0.465 e. The normalized spacial score (nSPS) is 21.4. The Labute approximate surface area is 126 Å². The van der Waals surface area contributed by atoms with Gasteiger partial charge in [-0.2, -0.15) is 0 Å². The van der Waals surface area contributed by atoms with Gasteiger partial charge in [-0.05, 0) is 29.7 Å². The van der Waals surface area contributed by atoms with Crippen LogP contribution in [0.2, 0.25) is 0 Å². The molecule has 0 saturated carbocycles. The molecule has 0 spiro atoms. The standard InChI is InChI=1S/C12H9BrF2N2O2S/c13-7-1-2-9(15)8(5-7)12(6-14)3-4-20-10(17-12)16-11(18)19/h1-5H,6H2,(H,16,17)(H,18,19). The number of thioether (sulfide) groups is 1. The summed E-state index contributed by atoms with van der Waals surface area (Å²) in [5.74, 6) is -0.610. The Morgan fingerprint density at radius 2 is 2.30 bits per heavy atom. The van der Waals surface area contributed by atoms with Crippen LogP contribution >= 0.6 is 27.7 Å². The summed E-state index contributed by atoms with van der Waals surface area (Å²) in [6.45, 7) is -0.984. The number of amides is 1. The summed E-state index contributed by atoms with van der Waals surface area (Å²) < 4.78 is 28.0. The number of amidine groups is 1. The van der Waals surface area contributed by atoms with Crippen molar-refractivity contribution in [1.82, 2.24) is 5.32 Å². The molecule has 20 heavy (non-hydrogen) atoms. The number of hydrogen-bond acceptors (Lipinski definition) is 3. The summed E-state index contributed by atoms with van der Waals surface area (Å²) in [4.78, 5) is 14.6. The van der Waals surface area contributed by atoms with Crippen LogP contribution in [0.1, 0.15) is 5.56 Å². The molecule has 1 unspecified atom stereocenters. The first-order chi connectivity index (χ1) is 9.47. The fraction of sp³-hybridized carbons (Fsp3) is 0.167. The Hall–Kier alpha value is -1.41. The second kappa shape index (κ2) is 5.92. The Morgan fingerprint density at radius 1 is 1.55 bits per heavy atom. The average molecular weight is 363 g/mol. The van der Waals surface area contributed by atoms with Crippen molar-refractivity contribution >= 4 is 39.0 Å². The van der Waals surface area contributed by atoms with E-state index < -0.39 is 24.1 Å². The number of aliphatic imine (C=N–C) groups is 1. The molecule has 1 heterocycles. The molecule has 1 amide bonds. The second-order valence-corrected chi connectivity index (χ2v) is 5.76. The third kappa shape index (κ3) is 3.01. The van der Waals surface area contributed by atoms with Gasteiger partial charge < -0.3 is 5.11 Å². The van der Waals surface area contributed by atoms with Gasteiger partial charge >= 0.3 is 6.09 Å². The van der Waals surface area contributed by atoms with Gasteiger partial charge in [0.15, 0.2) is 5.17 Å². The number of halogens is 3. The number of carbonyl (C=O) groups is 1. The highest BCUT2D eigenvalue weighted by Gasteiger charge is 2.35. The van der Waals surface area contributed by atoms with E-state index in [9.17, 15) is 13.6 Å². The van der Waals surface area contributed by atoms with Crippen molar-refractivity contribution < 1.29 is 18.7 Å². The van der Waals surface area contributed by atoms with Crippen LogP contribution in [0, 0.1) is 5.82 Å². The van der Waals surface area contributed by atoms with Crippen molar-refractivity contribution in [2.24, 2.45) is 4.99 Å². The predicted molar refractivity (Wildman–Crippen MR) is 77.1 cm³/mol. The summed E-state index contributed by atoms with van der Waals surface area (Å²) in [6, 6.07) is 4.12. The van der Waals surface area contributed by atoms with Crippen LogP contribution in [0.5, 0.6) is 0 Å². The van der Waals surface area contributed by atoms with Crippen molar-refractivity contribution in [2.45, 2.75) is 5.54 Å². The molecule has 0 aromatic heterocycles. The predicted octanol–water partition coefficient (Wildman–Crippen LogP) is 3.64. The SMILES string of the molecule is O=C(O)NC1=NC(CF)(c2cc(Br)ccc2F)C=CS1. The molecule has 2 rings (SSSR count). The van der Waals surface area contributed by atoms with Crippen LogP contribution in [-0.4, -0.2) is 23.0 Å². The van der Waals surface area contributed by atoms with Crippen LogP contribution < -0.4 is 5.32 Å². The van der Waals surface area contributed by atoms with E-state index in [-0.39, 0.29) is 10.7 Å². The van der Waals surface area contributed by atoms with Gasteiger partial charge in [0.2, 0.25) is 0 Å². The molecule has 2 N–H and O–H groups in total. The van der Waals surface area contributed by atoms with E-state index in [1.54, 1.807) is 0 Å². The molecule has 106 valence electrons. The van der Waals surface area contributed by atoms with Gasteiger partial charge in [-0.3, -0.25) is 5.32 Å². The Kier molecular flexibility index (Phi) is 4.44. The maximum Gasteiger partial charge on any atom is 0.410 e. The molecule has 0 radical (unpaired) electrons. The molecule has 1 atom stereocenters. The fourth-order valence-corrected chi connectivity index (χ4v) is 2.88. The zero-order chi connectivity index (χ0) is 14.8. The van der Waals surface area contributed by atoms with Crippen LogP contribution in [0.25, 0.3) is 0 Å². The molecule has 1 aromatic carbocycles. The van der Waals surface area contributed by atoms with E-state index in [4.69, 9.17) is 5.11 Å². The van der Waals surface area contributed by atoms with Crippen LogP contribution in [0.15, 0.2) is 39.1 Å². The minimum absolute atomic E-state index is 0.00275. The molecule has 1 aromatic rings. The van der Waals surface area contributed by atoms with E-state index in [2.05, 4.69) is 26.2 Å². The van der Waals surface area contributed by atoms with Gasteiger partial charge in [0.25, 0.3) is 0 Å². The van der Waals surface area contributed by atoms with Crippen molar-refractivity contribution in [1.29, 1.82) is 0 Å². The molecule has 1 aliphatic heterocycles. The summed E-state index contributed by atoms with van der Waals surface area (Å²) in [6.07, 6.45) is 0.101. The van der Waals surface area contributed by atoms with Gasteiger partial charge in [0.05, 0.1) is 0 Å². The monoisotopic (exact) mass is 362 g/mol. The molecule has 8 heteroatoms. The third-order valence-corrected chi connectivity index (χ3v) is 3.82. The van der Waals surface area contributed by atoms with E-state index >= 15 is 0 Å². The van der Waals surface area contributed by atoms with Crippen LogP contribution in [0.4, 0.5) is 13.6 Å². The second-order valence-electron chi connectivity index (χ2n) is 3.95. The van der Waals surface area contributed by atoms with Gasteiger partial charge in [-0.25, -0.2) is 18.6 Å². The molecule has 0 saturated heterocycles. The Morgan fingerprint density at radius 3 is 2.95 bits per heavy atom. The Balaban J connectivity index is 2.50. The molecule has 0 fully saturated rings. The zero-order valence-electron chi connectivity index (χ0n) is 9.94. The maximum absolute atomic E-state index is 13.9. The lowest BCUT2D eigenvalue weighted by Gasteiger charge is -2.27. The van der Waals surface area contributed by atoms with Crippen molar-refractivity contribution in [2.75, 3.05) is 6.67 Å². The lowest BCUT2D eigenvalue weighted by molar-refractivity contribution is 0.200. The molecule has 4 nitrogen and oxygen atoms in total. The third-order valence-electron chi connectivity index (χ3n) is 2.64. The van der Waals surface area contributed by atoms with Crippen LogP contribution in [0.3, 0.4) is 0 Å². The molecular formula is C12H9BrF2N2O2S. The first-order valence-electron chi connectivity index (χ1n) is 5.42. The molecule has 0 aliphatic carbocycles. The van der Waals surface area contributed by atoms with E-state index in [1.807, 2.05) is 0 Å². The highest BCUT2D eigenvalue weighted by Crippen LogP contribution is 2.36. The number of nitrogens with zero attached hydrogens (tertiary/aromatic N) is 1. The fourth-order valence-electron chi connectivity index (χ4n) is 1.73. The van der Waals surface area contributed by atoms with Crippen molar-refractivity contribution in [3.8, 4) is 0 Å². The lowest BCUT2D eigenvalue weighted by atomic mass is 9.91. The minimum Gasteiger partial charge on any atom is -0.465 e. The van der Waals surface area contributed by atoms with Crippen molar-refractivity contribution in [3.05, 3.63) is 45.5 Å². The topological polar surface area (TPSA) is 61.7 Å². The summed E-state index contributed by atoms with van der Waals surface area (Å²) in [7, 11) is 0. The van der Waals surface area contributed by atoms with Gasteiger partial charge in [-0.15, -0.1) is 0 Å². The summed E-state index contributed by atoms with van der Waals surface area (Å²) >= 11 is 4.19. The molecule has 1 aliphatic rings. The number of hydrogen-bond donors (Lipinski definition) is 2. The quantitative estimate of drug-likeness (QED) is 0.844. The molecule has 0 bridgehead atoms. The number of benzene rings is 1. The first kappa shape index (κ1) is 15.0. The first-order valence-corrected chi connectivity index (χ1v) is 7.10. The van der Waals surface area contributed by atoms with Crippen molar-refractivity contribution in [3.63, 3.8) is 0 Å². The smallest absolute Gasteiger partial charge is 0.410 e. The number of alkyl halides is 1. The summed E-state index contributed by atoms with van der Waals surface area (Å²) in [5, 5.41) is 12.2. The maximum atomic E-state index is 13.9. The van der Waals surface area contributed by atoms with Gasteiger partial charge in [0.1, 0.15) is 18.0 Å². The van der Waals surface area contributed by atoms with Gasteiger partial charge in [0, 0.05) is 10.0 Å². The highest BCUT2D eigenvalue weighted by molar-refractivity contribution is 9.10. The number of carboxylic acid groups (broad SMARTS) is 1. The highest BCUT2D eigenvalue weighted by atomic mass is 79.9. The number of rotatable bonds is 2. The average Bonchev–Trinajstić information content (AvgIpc) is 2.41. The summed E-state index contributed by atoms with van der Waals surface area (Å²) in [5.41, 5.74) is -1.52. The Bertz CT molecular complexity index is 609.